The van der Waals surface area contributed by atoms with Crippen LogP contribution in [0.3, 0.4) is 0 Å². The number of hydrogen-bond acceptors (Lipinski definition) is 6. The Morgan fingerprint density at radius 1 is 0.943 bits per heavy atom. The van der Waals surface area contributed by atoms with Crippen molar-refractivity contribution >= 4 is 23.6 Å². The number of aryl methyl sites for hydroxylation is 1. The number of para-hydroxylation sites is 2. The first-order valence-corrected chi connectivity index (χ1v) is 11.7. The van der Waals surface area contributed by atoms with Gasteiger partial charge in [0, 0.05) is 11.3 Å². The lowest BCUT2D eigenvalue weighted by atomic mass is 10.1. The maximum atomic E-state index is 13.9. The van der Waals surface area contributed by atoms with Crippen LogP contribution in [0.2, 0.25) is 0 Å². The van der Waals surface area contributed by atoms with Crippen LogP contribution in [0.5, 0.6) is 5.75 Å². The predicted octanol–water partition coefficient (Wildman–Crippen LogP) is 3.85. The molecule has 178 valence electrons. The zero-order valence-corrected chi connectivity index (χ0v) is 19.6. The lowest BCUT2D eigenvalue weighted by Crippen LogP contribution is -2.42. The Kier molecular flexibility index (Phi) is 7.74. The molecule has 0 atom stereocenters. The highest BCUT2D eigenvalue weighted by atomic mass is 32.2. The summed E-state index contributed by atoms with van der Waals surface area (Å²) in [4.78, 5) is 24.5. The van der Waals surface area contributed by atoms with E-state index in [4.69, 9.17) is 4.74 Å². The van der Waals surface area contributed by atoms with E-state index < -0.39 is 17.6 Å². The lowest BCUT2D eigenvalue weighted by molar-refractivity contribution is -0.119. The van der Waals surface area contributed by atoms with Crippen LogP contribution in [0.15, 0.2) is 84.0 Å². The number of carbonyl (C=O) groups excluding carboxylic acids is 2. The van der Waals surface area contributed by atoms with Gasteiger partial charge in [-0.15, -0.1) is 10.2 Å². The van der Waals surface area contributed by atoms with Gasteiger partial charge in [0.1, 0.15) is 6.61 Å². The van der Waals surface area contributed by atoms with Gasteiger partial charge in [0.2, 0.25) is 5.91 Å². The van der Waals surface area contributed by atoms with Crippen molar-refractivity contribution in [2.45, 2.75) is 18.7 Å². The Balaban J connectivity index is 1.41. The number of rotatable bonds is 8. The predicted molar refractivity (Wildman–Crippen MR) is 130 cm³/mol. The van der Waals surface area contributed by atoms with Crippen LogP contribution >= 0.6 is 11.8 Å². The summed E-state index contributed by atoms with van der Waals surface area (Å²) in [5.74, 6) is -0.779. The van der Waals surface area contributed by atoms with Crippen molar-refractivity contribution < 1.29 is 18.7 Å². The van der Waals surface area contributed by atoms with Crippen molar-refractivity contribution in [2.24, 2.45) is 0 Å². The number of amides is 2. The van der Waals surface area contributed by atoms with Gasteiger partial charge in [0.15, 0.2) is 22.5 Å². The maximum absolute atomic E-state index is 13.9. The van der Waals surface area contributed by atoms with Gasteiger partial charge in [-0.1, -0.05) is 59.8 Å². The fourth-order valence-corrected chi connectivity index (χ4v) is 3.87. The molecule has 10 heteroatoms. The van der Waals surface area contributed by atoms with Crippen molar-refractivity contribution in [3.8, 4) is 11.4 Å². The first kappa shape index (κ1) is 24.0. The average Bonchev–Trinajstić information content (AvgIpc) is 3.29. The molecule has 2 amide bonds. The summed E-state index contributed by atoms with van der Waals surface area (Å²) in [6.07, 6.45) is 0. The highest BCUT2D eigenvalue weighted by Crippen LogP contribution is 2.23. The Hall–Kier alpha value is -4.18. The number of carbonyl (C=O) groups is 2. The minimum absolute atomic E-state index is 0.0205. The fraction of sp³-hybridized carbons (Fsp3) is 0.120. The summed E-state index contributed by atoms with van der Waals surface area (Å²) in [5, 5.41) is 8.81. The van der Waals surface area contributed by atoms with E-state index >= 15 is 0 Å². The smallest absolute Gasteiger partial charge is 0.269 e. The van der Waals surface area contributed by atoms with Gasteiger partial charge in [-0.3, -0.25) is 25.0 Å². The molecule has 0 radical (unpaired) electrons. The molecular weight excluding hydrogens is 469 g/mol. The van der Waals surface area contributed by atoms with Crippen LogP contribution in [0.1, 0.15) is 21.7 Å². The summed E-state index contributed by atoms with van der Waals surface area (Å²) in [5.41, 5.74) is 7.03. The molecule has 2 N–H and O–H groups in total. The van der Waals surface area contributed by atoms with E-state index in [1.165, 1.54) is 12.1 Å². The normalized spacial score (nSPS) is 10.6. The molecule has 1 aromatic heterocycles. The standard InChI is InChI=1S/C25H22FN5O3S/c1-17-11-13-18(14-12-17)24(33)29-28-23(32)16-35-25-30-27-22(31(25)19-7-3-2-4-8-19)15-34-21-10-6-5-9-20(21)26/h2-14H,15-16H2,1H3,(H,28,32)(H,29,33). The quantitative estimate of drug-likeness (QED) is 0.287. The number of halogens is 1. The molecule has 0 bridgehead atoms. The Labute approximate surface area is 205 Å². The molecule has 4 aromatic rings. The number of hydrazine groups is 1. The molecule has 0 aliphatic rings. The third-order valence-electron chi connectivity index (χ3n) is 4.87. The Bertz CT molecular complexity index is 1310. The summed E-state index contributed by atoms with van der Waals surface area (Å²) < 4.78 is 21.3. The summed E-state index contributed by atoms with van der Waals surface area (Å²) in [6.45, 7) is 1.90. The number of benzene rings is 3. The zero-order valence-electron chi connectivity index (χ0n) is 18.8. The molecule has 0 saturated carbocycles. The van der Waals surface area contributed by atoms with Crippen molar-refractivity contribution in [2.75, 3.05) is 5.75 Å². The van der Waals surface area contributed by atoms with Gasteiger partial charge >= 0.3 is 0 Å². The van der Waals surface area contributed by atoms with Gasteiger partial charge in [-0.05, 0) is 43.3 Å². The number of nitrogens with one attached hydrogen (secondary N) is 2. The number of aromatic nitrogens is 3. The van der Waals surface area contributed by atoms with Crippen LogP contribution in [0, 0.1) is 12.7 Å². The third-order valence-corrected chi connectivity index (χ3v) is 5.80. The number of nitrogens with zero attached hydrogens (tertiary/aromatic N) is 3. The summed E-state index contributed by atoms with van der Waals surface area (Å²) >= 11 is 1.14. The highest BCUT2D eigenvalue weighted by molar-refractivity contribution is 7.99. The summed E-state index contributed by atoms with van der Waals surface area (Å²) in [7, 11) is 0. The molecule has 0 unspecified atom stereocenters. The monoisotopic (exact) mass is 491 g/mol. The third kappa shape index (κ3) is 6.24. The molecule has 4 rings (SSSR count). The van der Waals surface area contributed by atoms with Gasteiger partial charge in [-0.2, -0.15) is 0 Å². The second kappa shape index (κ2) is 11.3. The van der Waals surface area contributed by atoms with E-state index in [-0.39, 0.29) is 18.1 Å². The average molecular weight is 492 g/mol. The van der Waals surface area contributed by atoms with Crippen molar-refractivity contribution in [1.29, 1.82) is 0 Å². The van der Waals surface area contributed by atoms with Crippen molar-refractivity contribution in [1.82, 2.24) is 25.6 Å². The molecule has 0 aliphatic heterocycles. The van der Waals surface area contributed by atoms with E-state index in [0.29, 0.717) is 16.5 Å². The van der Waals surface area contributed by atoms with E-state index in [1.54, 1.807) is 28.8 Å². The number of hydrogen-bond donors (Lipinski definition) is 2. The van der Waals surface area contributed by atoms with Crippen LogP contribution in [-0.4, -0.2) is 32.3 Å². The molecule has 0 aliphatic carbocycles. The second-order valence-corrected chi connectivity index (χ2v) is 8.39. The van der Waals surface area contributed by atoms with Gasteiger partial charge in [-0.25, -0.2) is 4.39 Å². The molecule has 35 heavy (non-hydrogen) atoms. The maximum Gasteiger partial charge on any atom is 0.269 e. The van der Waals surface area contributed by atoms with Crippen LogP contribution in [0.25, 0.3) is 5.69 Å². The first-order valence-electron chi connectivity index (χ1n) is 10.7. The minimum Gasteiger partial charge on any atom is -0.483 e. The van der Waals surface area contributed by atoms with E-state index in [2.05, 4.69) is 21.0 Å². The van der Waals surface area contributed by atoms with Gasteiger partial charge in [0.05, 0.1) is 5.75 Å². The molecule has 1 heterocycles. The molecule has 8 nitrogen and oxygen atoms in total. The number of thioether (sulfide) groups is 1. The van der Waals surface area contributed by atoms with Crippen LogP contribution in [-0.2, 0) is 11.4 Å². The molecule has 3 aromatic carbocycles. The van der Waals surface area contributed by atoms with E-state index in [0.717, 1.165) is 23.0 Å². The Morgan fingerprint density at radius 2 is 1.66 bits per heavy atom. The molecule has 0 saturated heterocycles. The molecular formula is C25H22FN5O3S. The van der Waals surface area contributed by atoms with Crippen LogP contribution < -0.4 is 15.6 Å². The first-order chi connectivity index (χ1) is 17.0. The summed E-state index contributed by atoms with van der Waals surface area (Å²) in [6, 6.07) is 22.4. The highest BCUT2D eigenvalue weighted by Gasteiger charge is 2.17. The molecule has 0 spiro atoms. The number of ether oxygens (including phenoxy) is 1. The Morgan fingerprint density at radius 3 is 2.40 bits per heavy atom. The van der Waals surface area contributed by atoms with E-state index in [1.807, 2.05) is 49.4 Å². The fourth-order valence-electron chi connectivity index (χ4n) is 3.10. The van der Waals surface area contributed by atoms with Gasteiger partial charge < -0.3 is 4.74 Å². The van der Waals surface area contributed by atoms with Crippen molar-refractivity contribution in [3.05, 3.63) is 102 Å². The lowest BCUT2D eigenvalue weighted by Gasteiger charge is -2.11. The second-order valence-electron chi connectivity index (χ2n) is 7.45. The van der Waals surface area contributed by atoms with E-state index in [9.17, 15) is 14.0 Å². The zero-order chi connectivity index (χ0) is 24.6. The van der Waals surface area contributed by atoms with Crippen LogP contribution in [0.4, 0.5) is 4.39 Å². The van der Waals surface area contributed by atoms with Crippen molar-refractivity contribution in [3.63, 3.8) is 0 Å². The molecule has 0 fully saturated rings. The SMILES string of the molecule is Cc1ccc(C(=O)NNC(=O)CSc2nnc(COc3ccccc3F)n2-c2ccccc2)cc1. The minimum atomic E-state index is -0.475. The van der Waals surface area contributed by atoms with Gasteiger partial charge in [0.25, 0.3) is 5.91 Å². The largest absolute Gasteiger partial charge is 0.483 e. The topological polar surface area (TPSA) is 98.1 Å².